The molecule has 0 aliphatic carbocycles. The molecule has 108 valence electrons. The summed E-state index contributed by atoms with van der Waals surface area (Å²) < 4.78 is 1.52. The maximum absolute atomic E-state index is 12.7. The topological polar surface area (TPSA) is 78.0 Å². The Balaban J connectivity index is 2.20. The van der Waals surface area contributed by atoms with Crippen LogP contribution in [0.25, 0.3) is 20.7 Å². The lowest BCUT2D eigenvalue weighted by atomic mass is 10.2. The molecule has 0 atom stereocenters. The smallest absolute Gasteiger partial charge is 0.262 e. The van der Waals surface area contributed by atoms with E-state index in [0.717, 1.165) is 15.3 Å². The van der Waals surface area contributed by atoms with Crippen LogP contribution in [-0.4, -0.2) is 15.5 Å². The molecule has 0 spiro atoms. The number of aromatic nitrogens is 2. The van der Waals surface area contributed by atoms with Gasteiger partial charge in [-0.1, -0.05) is 6.07 Å². The molecule has 2 N–H and O–H groups in total. The van der Waals surface area contributed by atoms with Gasteiger partial charge in [0.1, 0.15) is 10.7 Å². The number of carbonyl (C=O) groups is 1. The molecule has 0 bridgehead atoms. The minimum Gasteiger partial charge on any atom is -0.370 e. The predicted molar refractivity (Wildman–Crippen MR) is 85.7 cm³/mol. The monoisotopic (exact) mass is 319 g/mol. The summed E-state index contributed by atoms with van der Waals surface area (Å²) in [6.45, 7) is 2.04. The standard InChI is InChI=1S/C14H13N3O2S2/c1-8-16-13-12(14(19)17(8)5-4-11(15)18)9(7-21-13)10-3-2-6-20-10/h2-3,6-7H,4-5H2,1H3,(H2,15,18). The number of hydrogen-bond acceptors (Lipinski definition) is 5. The van der Waals surface area contributed by atoms with Crippen LogP contribution in [-0.2, 0) is 11.3 Å². The van der Waals surface area contributed by atoms with Gasteiger partial charge in [0, 0.05) is 28.8 Å². The fourth-order valence-corrected chi connectivity index (χ4v) is 4.02. The highest BCUT2D eigenvalue weighted by Gasteiger charge is 2.16. The minimum atomic E-state index is -0.426. The van der Waals surface area contributed by atoms with Crippen LogP contribution >= 0.6 is 22.7 Å². The number of carbonyl (C=O) groups excluding carboxylic acids is 1. The van der Waals surface area contributed by atoms with Crippen molar-refractivity contribution in [1.29, 1.82) is 0 Å². The van der Waals surface area contributed by atoms with Gasteiger partial charge in [-0.05, 0) is 18.4 Å². The fourth-order valence-electron chi connectivity index (χ4n) is 2.22. The van der Waals surface area contributed by atoms with E-state index >= 15 is 0 Å². The fraction of sp³-hybridized carbons (Fsp3) is 0.214. The number of aryl methyl sites for hydroxylation is 1. The van der Waals surface area contributed by atoms with Crippen molar-refractivity contribution in [2.24, 2.45) is 5.73 Å². The molecule has 0 aliphatic heterocycles. The minimum absolute atomic E-state index is 0.108. The lowest BCUT2D eigenvalue weighted by Crippen LogP contribution is -2.26. The van der Waals surface area contributed by atoms with E-state index in [4.69, 9.17) is 5.73 Å². The number of primary amides is 1. The van der Waals surface area contributed by atoms with Crippen molar-refractivity contribution in [3.63, 3.8) is 0 Å². The van der Waals surface area contributed by atoms with Crippen molar-refractivity contribution < 1.29 is 4.79 Å². The molecule has 21 heavy (non-hydrogen) atoms. The Morgan fingerprint density at radius 3 is 2.90 bits per heavy atom. The van der Waals surface area contributed by atoms with Crippen LogP contribution < -0.4 is 11.3 Å². The first kappa shape index (κ1) is 14.0. The summed E-state index contributed by atoms with van der Waals surface area (Å²) in [5.41, 5.74) is 5.97. The van der Waals surface area contributed by atoms with Crippen LogP contribution in [0.4, 0.5) is 0 Å². The van der Waals surface area contributed by atoms with Gasteiger partial charge in [-0.3, -0.25) is 14.2 Å². The van der Waals surface area contributed by atoms with Gasteiger partial charge in [0.15, 0.2) is 0 Å². The molecule has 0 aromatic carbocycles. The average Bonchev–Trinajstić information content (AvgIpc) is 3.05. The molecular weight excluding hydrogens is 306 g/mol. The van der Waals surface area contributed by atoms with Gasteiger partial charge in [-0.25, -0.2) is 4.98 Å². The molecule has 0 radical (unpaired) electrons. The van der Waals surface area contributed by atoms with E-state index in [0.29, 0.717) is 11.2 Å². The summed E-state index contributed by atoms with van der Waals surface area (Å²) in [5, 5.41) is 4.56. The molecule has 1 amide bonds. The maximum Gasteiger partial charge on any atom is 0.262 e. The van der Waals surface area contributed by atoms with E-state index in [-0.39, 0.29) is 18.5 Å². The van der Waals surface area contributed by atoms with Gasteiger partial charge in [-0.15, -0.1) is 22.7 Å². The number of nitrogens with two attached hydrogens (primary N) is 1. The van der Waals surface area contributed by atoms with Crippen LogP contribution in [0.1, 0.15) is 12.2 Å². The first-order valence-corrected chi connectivity index (χ1v) is 8.14. The highest BCUT2D eigenvalue weighted by molar-refractivity contribution is 7.18. The van der Waals surface area contributed by atoms with E-state index in [9.17, 15) is 9.59 Å². The number of nitrogens with zero attached hydrogens (tertiary/aromatic N) is 2. The van der Waals surface area contributed by atoms with Gasteiger partial charge in [0.25, 0.3) is 5.56 Å². The summed E-state index contributed by atoms with van der Waals surface area (Å²) in [5.74, 6) is 0.179. The molecule has 0 aliphatic rings. The third-order valence-electron chi connectivity index (χ3n) is 3.25. The number of thiophene rings is 2. The molecule has 3 rings (SSSR count). The summed E-state index contributed by atoms with van der Waals surface area (Å²) >= 11 is 3.05. The number of rotatable bonds is 4. The van der Waals surface area contributed by atoms with Crippen LogP contribution in [0.15, 0.2) is 27.7 Å². The zero-order valence-corrected chi connectivity index (χ0v) is 13.0. The summed E-state index contributed by atoms with van der Waals surface area (Å²) in [7, 11) is 0. The Morgan fingerprint density at radius 2 is 2.24 bits per heavy atom. The largest absolute Gasteiger partial charge is 0.370 e. The lowest BCUT2D eigenvalue weighted by molar-refractivity contribution is -0.118. The number of amides is 1. The molecule has 0 unspecified atom stereocenters. The van der Waals surface area contributed by atoms with Crippen molar-refractivity contribution in [2.75, 3.05) is 0 Å². The normalized spacial score (nSPS) is 11.1. The van der Waals surface area contributed by atoms with Crippen LogP contribution in [0.3, 0.4) is 0 Å². The van der Waals surface area contributed by atoms with E-state index < -0.39 is 5.91 Å². The van der Waals surface area contributed by atoms with E-state index in [1.807, 2.05) is 22.9 Å². The maximum atomic E-state index is 12.7. The Kier molecular flexibility index (Phi) is 3.60. The molecular formula is C14H13N3O2S2. The van der Waals surface area contributed by atoms with Gasteiger partial charge in [-0.2, -0.15) is 0 Å². The average molecular weight is 319 g/mol. The molecule has 0 fully saturated rings. The number of hydrogen-bond donors (Lipinski definition) is 1. The van der Waals surface area contributed by atoms with Crippen molar-refractivity contribution in [3.8, 4) is 10.4 Å². The second kappa shape index (κ2) is 5.42. The quantitative estimate of drug-likeness (QED) is 0.802. The first-order valence-electron chi connectivity index (χ1n) is 6.38. The van der Waals surface area contributed by atoms with Crippen LogP contribution in [0.5, 0.6) is 0 Å². The zero-order valence-electron chi connectivity index (χ0n) is 11.3. The highest BCUT2D eigenvalue weighted by atomic mass is 32.1. The Hall–Kier alpha value is -1.99. The highest BCUT2D eigenvalue weighted by Crippen LogP contribution is 2.33. The Labute approximate surface area is 128 Å². The van der Waals surface area contributed by atoms with Crippen molar-refractivity contribution in [2.45, 2.75) is 19.9 Å². The molecule has 5 nitrogen and oxygen atoms in total. The van der Waals surface area contributed by atoms with Gasteiger partial charge in [0.05, 0.1) is 5.39 Å². The van der Waals surface area contributed by atoms with E-state index in [1.54, 1.807) is 18.3 Å². The van der Waals surface area contributed by atoms with E-state index in [2.05, 4.69) is 4.98 Å². The second-order valence-corrected chi connectivity index (χ2v) is 6.44. The van der Waals surface area contributed by atoms with Gasteiger partial charge in [0.2, 0.25) is 5.91 Å². The van der Waals surface area contributed by atoms with Crippen molar-refractivity contribution in [1.82, 2.24) is 9.55 Å². The predicted octanol–water partition coefficient (Wildman–Crippen LogP) is 2.37. The third-order valence-corrected chi connectivity index (χ3v) is 5.03. The van der Waals surface area contributed by atoms with Gasteiger partial charge < -0.3 is 5.73 Å². The van der Waals surface area contributed by atoms with Crippen LogP contribution in [0.2, 0.25) is 0 Å². The summed E-state index contributed by atoms with van der Waals surface area (Å²) in [4.78, 5) is 29.9. The van der Waals surface area contributed by atoms with Crippen molar-refractivity contribution in [3.05, 3.63) is 39.1 Å². The molecule has 0 saturated carbocycles. The number of fused-ring (bicyclic) bond motifs is 1. The van der Waals surface area contributed by atoms with Gasteiger partial charge >= 0.3 is 0 Å². The molecule has 0 saturated heterocycles. The van der Waals surface area contributed by atoms with Crippen molar-refractivity contribution >= 4 is 38.8 Å². The molecule has 3 heterocycles. The summed E-state index contributed by atoms with van der Waals surface area (Å²) in [6.07, 6.45) is 0.131. The lowest BCUT2D eigenvalue weighted by Gasteiger charge is -2.08. The molecule has 3 aromatic heterocycles. The second-order valence-electron chi connectivity index (χ2n) is 4.64. The Bertz CT molecular complexity index is 862. The molecule has 7 heteroatoms. The summed E-state index contributed by atoms with van der Waals surface area (Å²) in [6, 6.07) is 3.94. The Morgan fingerprint density at radius 1 is 1.43 bits per heavy atom. The van der Waals surface area contributed by atoms with E-state index in [1.165, 1.54) is 15.9 Å². The molecule has 3 aromatic rings. The van der Waals surface area contributed by atoms with Crippen LogP contribution in [0, 0.1) is 6.92 Å². The first-order chi connectivity index (χ1) is 10.1. The third kappa shape index (κ3) is 2.50. The zero-order chi connectivity index (χ0) is 15.0. The SMILES string of the molecule is Cc1nc2scc(-c3cccs3)c2c(=O)n1CCC(N)=O.